The fourth-order valence-corrected chi connectivity index (χ4v) is 3.91. The number of likely N-dealkylation sites (tertiary alicyclic amines) is 1. The summed E-state index contributed by atoms with van der Waals surface area (Å²) in [5.41, 5.74) is 0.253. The lowest BCUT2D eigenvalue weighted by Crippen LogP contribution is -2.43. The maximum Gasteiger partial charge on any atom is 0.355 e. The summed E-state index contributed by atoms with van der Waals surface area (Å²) in [5, 5.41) is 10.3. The first-order chi connectivity index (χ1) is 9.40. The van der Waals surface area contributed by atoms with Gasteiger partial charge < -0.3 is 5.11 Å². The highest BCUT2D eigenvalue weighted by Crippen LogP contribution is 2.30. The second kappa shape index (κ2) is 6.22. The normalized spacial score (nSPS) is 24.2. The van der Waals surface area contributed by atoms with Crippen molar-refractivity contribution in [2.24, 2.45) is 0 Å². The van der Waals surface area contributed by atoms with E-state index in [0.717, 1.165) is 9.88 Å². The number of carboxylic acid groups (broad SMARTS) is 1. The van der Waals surface area contributed by atoms with Crippen molar-refractivity contribution < 1.29 is 9.90 Å². The summed E-state index contributed by atoms with van der Waals surface area (Å²) in [6.07, 6.45) is 3.66. The Labute approximate surface area is 124 Å². The van der Waals surface area contributed by atoms with Crippen molar-refractivity contribution in [1.82, 2.24) is 9.88 Å². The summed E-state index contributed by atoms with van der Waals surface area (Å²) < 4.78 is 0. The summed E-state index contributed by atoms with van der Waals surface area (Å²) in [6.45, 7) is 9.30. The zero-order valence-electron chi connectivity index (χ0n) is 12.7. The molecule has 2 heterocycles. The van der Waals surface area contributed by atoms with Gasteiger partial charge in [0.1, 0.15) is 0 Å². The van der Waals surface area contributed by atoms with Gasteiger partial charge in [-0.05, 0) is 26.7 Å². The molecule has 5 heteroatoms. The molecule has 0 saturated carbocycles. The Kier molecular flexibility index (Phi) is 4.81. The molecule has 1 aliphatic rings. The van der Waals surface area contributed by atoms with Crippen molar-refractivity contribution in [2.75, 3.05) is 0 Å². The third-order valence-electron chi connectivity index (χ3n) is 4.11. The SMILES string of the molecule is CC(C)c1nc(C(=O)O)c(CN2C(C)CCCC2C)s1. The van der Waals surface area contributed by atoms with Crippen LogP contribution < -0.4 is 0 Å². The summed E-state index contributed by atoms with van der Waals surface area (Å²) in [5.74, 6) is -0.622. The Bertz CT molecular complexity index is 474. The Hall–Kier alpha value is -0.940. The zero-order chi connectivity index (χ0) is 14.9. The van der Waals surface area contributed by atoms with Gasteiger partial charge in [-0.15, -0.1) is 11.3 Å². The van der Waals surface area contributed by atoms with E-state index < -0.39 is 5.97 Å². The highest BCUT2D eigenvalue weighted by Gasteiger charge is 2.28. The smallest absolute Gasteiger partial charge is 0.355 e. The van der Waals surface area contributed by atoms with E-state index in [1.807, 2.05) is 0 Å². The maximum atomic E-state index is 11.4. The van der Waals surface area contributed by atoms with Gasteiger partial charge in [0.15, 0.2) is 5.69 Å². The lowest BCUT2D eigenvalue weighted by atomic mass is 9.97. The number of aromatic carboxylic acids is 1. The van der Waals surface area contributed by atoms with Crippen LogP contribution in [-0.4, -0.2) is 33.0 Å². The topological polar surface area (TPSA) is 53.4 Å². The predicted octanol–water partition coefficient (Wildman–Crippen LogP) is 3.73. The van der Waals surface area contributed by atoms with Crippen LogP contribution in [0.3, 0.4) is 0 Å². The molecule has 0 bridgehead atoms. The van der Waals surface area contributed by atoms with E-state index in [0.29, 0.717) is 18.6 Å². The van der Waals surface area contributed by atoms with Gasteiger partial charge in [-0.2, -0.15) is 0 Å². The number of aromatic nitrogens is 1. The Balaban J connectivity index is 2.25. The van der Waals surface area contributed by atoms with E-state index in [4.69, 9.17) is 0 Å². The number of hydrogen-bond acceptors (Lipinski definition) is 4. The lowest BCUT2D eigenvalue weighted by molar-refractivity contribution is 0.0680. The molecule has 1 aliphatic heterocycles. The van der Waals surface area contributed by atoms with Crippen LogP contribution in [0.5, 0.6) is 0 Å². The van der Waals surface area contributed by atoms with Crippen LogP contribution in [0.25, 0.3) is 0 Å². The van der Waals surface area contributed by atoms with E-state index in [-0.39, 0.29) is 11.6 Å². The molecule has 1 aromatic heterocycles. The highest BCUT2D eigenvalue weighted by molar-refractivity contribution is 7.12. The van der Waals surface area contributed by atoms with Crippen LogP contribution in [-0.2, 0) is 6.54 Å². The molecular weight excluding hydrogens is 272 g/mol. The number of carboxylic acids is 1. The molecule has 0 aliphatic carbocycles. The van der Waals surface area contributed by atoms with E-state index in [1.54, 1.807) is 11.3 Å². The Morgan fingerprint density at radius 1 is 1.40 bits per heavy atom. The van der Waals surface area contributed by atoms with Gasteiger partial charge in [0.25, 0.3) is 0 Å². The third kappa shape index (κ3) is 3.20. The van der Waals surface area contributed by atoms with Gasteiger partial charge in [0, 0.05) is 24.5 Å². The molecule has 20 heavy (non-hydrogen) atoms. The summed E-state index contributed by atoms with van der Waals surface area (Å²) in [7, 11) is 0. The first kappa shape index (κ1) is 15.4. The van der Waals surface area contributed by atoms with E-state index in [1.165, 1.54) is 19.3 Å². The van der Waals surface area contributed by atoms with Gasteiger partial charge in [-0.1, -0.05) is 20.3 Å². The predicted molar refractivity (Wildman–Crippen MR) is 81.5 cm³/mol. The van der Waals surface area contributed by atoms with E-state index in [2.05, 4.69) is 37.6 Å². The minimum absolute atomic E-state index is 0.253. The van der Waals surface area contributed by atoms with Crippen LogP contribution in [0.4, 0.5) is 0 Å². The molecule has 0 aromatic carbocycles. The quantitative estimate of drug-likeness (QED) is 0.920. The van der Waals surface area contributed by atoms with Crippen molar-refractivity contribution in [3.05, 3.63) is 15.6 Å². The molecule has 2 atom stereocenters. The molecule has 1 N–H and O–H groups in total. The molecule has 2 rings (SSSR count). The summed E-state index contributed by atoms with van der Waals surface area (Å²) in [4.78, 5) is 19.0. The molecule has 2 unspecified atom stereocenters. The van der Waals surface area contributed by atoms with Gasteiger partial charge >= 0.3 is 5.97 Å². The van der Waals surface area contributed by atoms with Crippen molar-refractivity contribution in [3.63, 3.8) is 0 Å². The van der Waals surface area contributed by atoms with E-state index in [9.17, 15) is 9.90 Å². The second-order valence-electron chi connectivity index (χ2n) is 6.09. The van der Waals surface area contributed by atoms with Crippen LogP contribution in [0.2, 0.25) is 0 Å². The number of thiazole rings is 1. The Morgan fingerprint density at radius 3 is 2.50 bits per heavy atom. The van der Waals surface area contributed by atoms with E-state index >= 15 is 0 Å². The largest absolute Gasteiger partial charge is 0.476 e. The molecule has 112 valence electrons. The van der Waals surface area contributed by atoms with Crippen molar-refractivity contribution >= 4 is 17.3 Å². The third-order valence-corrected chi connectivity index (χ3v) is 5.45. The summed E-state index contributed by atoms with van der Waals surface area (Å²) in [6, 6.07) is 1.04. The van der Waals surface area contributed by atoms with Crippen LogP contribution in [0.15, 0.2) is 0 Å². The molecule has 0 radical (unpaired) electrons. The fraction of sp³-hybridized carbons (Fsp3) is 0.733. The monoisotopic (exact) mass is 296 g/mol. The van der Waals surface area contributed by atoms with Gasteiger partial charge in [-0.25, -0.2) is 9.78 Å². The maximum absolute atomic E-state index is 11.4. The molecule has 4 nitrogen and oxygen atoms in total. The first-order valence-corrected chi connectivity index (χ1v) is 8.20. The molecule has 0 spiro atoms. The zero-order valence-corrected chi connectivity index (χ0v) is 13.5. The standard InChI is InChI=1S/C15H24N2O2S/c1-9(2)14-16-13(15(18)19)12(20-14)8-17-10(3)6-5-7-11(17)4/h9-11H,5-8H2,1-4H3,(H,18,19). The number of nitrogens with zero attached hydrogens (tertiary/aromatic N) is 2. The lowest BCUT2D eigenvalue weighted by Gasteiger charge is -2.38. The summed E-state index contributed by atoms with van der Waals surface area (Å²) >= 11 is 1.56. The fourth-order valence-electron chi connectivity index (χ4n) is 2.84. The number of piperidine rings is 1. The molecule has 1 saturated heterocycles. The average molecular weight is 296 g/mol. The van der Waals surface area contributed by atoms with Crippen molar-refractivity contribution in [1.29, 1.82) is 0 Å². The second-order valence-corrected chi connectivity index (χ2v) is 7.20. The minimum Gasteiger partial charge on any atom is -0.476 e. The highest BCUT2D eigenvalue weighted by atomic mass is 32.1. The first-order valence-electron chi connectivity index (χ1n) is 7.38. The molecular formula is C15H24N2O2S. The number of rotatable bonds is 4. The van der Waals surface area contributed by atoms with Gasteiger partial charge in [0.05, 0.1) is 9.88 Å². The van der Waals surface area contributed by atoms with Crippen molar-refractivity contribution in [2.45, 2.75) is 71.5 Å². The van der Waals surface area contributed by atoms with Crippen molar-refractivity contribution in [3.8, 4) is 0 Å². The van der Waals surface area contributed by atoms with Gasteiger partial charge in [-0.3, -0.25) is 4.90 Å². The van der Waals surface area contributed by atoms with Gasteiger partial charge in [0.2, 0.25) is 0 Å². The number of carbonyl (C=O) groups is 1. The van der Waals surface area contributed by atoms with Crippen LogP contribution in [0, 0.1) is 0 Å². The van der Waals surface area contributed by atoms with Crippen LogP contribution >= 0.6 is 11.3 Å². The Morgan fingerprint density at radius 2 is 2.00 bits per heavy atom. The number of hydrogen-bond donors (Lipinski definition) is 1. The average Bonchev–Trinajstić information content (AvgIpc) is 2.78. The molecule has 1 fully saturated rings. The van der Waals surface area contributed by atoms with Crippen LogP contribution in [0.1, 0.15) is 73.2 Å². The minimum atomic E-state index is -0.902. The molecule has 0 amide bonds. The molecule has 1 aromatic rings.